The van der Waals surface area contributed by atoms with Crippen LogP contribution >= 0.6 is 22.9 Å². The van der Waals surface area contributed by atoms with Gasteiger partial charge in [-0.25, -0.2) is 4.79 Å². The first-order chi connectivity index (χ1) is 13.9. The quantitative estimate of drug-likeness (QED) is 0.307. The zero-order chi connectivity index (χ0) is 20.5. The molecule has 0 aliphatic rings. The van der Waals surface area contributed by atoms with Gasteiger partial charge in [-0.1, -0.05) is 35.9 Å². The maximum atomic E-state index is 11.5. The highest BCUT2D eigenvalue weighted by molar-refractivity contribution is 7.10. The number of aromatic amines is 1. The maximum Gasteiger partial charge on any atom is 0.335 e. The van der Waals surface area contributed by atoms with Gasteiger partial charge in [-0.2, -0.15) is 0 Å². The fourth-order valence-corrected chi connectivity index (χ4v) is 4.52. The van der Waals surface area contributed by atoms with Crippen molar-refractivity contribution >= 4 is 39.8 Å². The average Bonchev–Trinajstić information content (AvgIpc) is 3.34. The molecular weight excluding hydrogens is 412 g/mol. The Balaban J connectivity index is 1.96. The Labute approximate surface area is 174 Å². The van der Waals surface area contributed by atoms with Crippen LogP contribution in [0.15, 0.2) is 60.0 Å². The van der Waals surface area contributed by atoms with Crippen molar-refractivity contribution in [2.75, 3.05) is 6.54 Å². The number of H-pyrrole nitrogens is 1. The Kier molecular flexibility index (Phi) is 5.08. The monoisotopic (exact) mass is 426 g/mol. The molecule has 0 saturated heterocycles. The normalized spacial score (nSPS) is 12.2. The second-order valence-electron chi connectivity index (χ2n) is 6.57. The second kappa shape index (κ2) is 7.69. The predicted molar refractivity (Wildman–Crippen MR) is 114 cm³/mol. The molecule has 2 aromatic heterocycles. The molecule has 1 atom stereocenters. The highest BCUT2D eigenvalue weighted by atomic mass is 35.5. The van der Waals surface area contributed by atoms with Crippen molar-refractivity contribution in [1.82, 2.24) is 4.98 Å². The summed E-state index contributed by atoms with van der Waals surface area (Å²) in [6.07, 6.45) is 0. The number of thiophene rings is 1. The summed E-state index contributed by atoms with van der Waals surface area (Å²) < 4.78 is 0. The molecule has 4 rings (SSSR count). The van der Waals surface area contributed by atoms with Crippen LogP contribution in [0.2, 0.25) is 5.02 Å². The van der Waals surface area contributed by atoms with Gasteiger partial charge in [0.05, 0.1) is 17.2 Å². The molecule has 2 aromatic carbocycles. The van der Waals surface area contributed by atoms with Crippen LogP contribution in [-0.2, 0) is 0 Å². The van der Waals surface area contributed by atoms with E-state index < -0.39 is 11.9 Å². The van der Waals surface area contributed by atoms with Crippen molar-refractivity contribution < 1.29 is 14.8 Å². The van der Waals surface area contributed by atoms with E-state index in [-0.39, 0.29) is 17.0 Å². The lowest BCUT2D eigenvalue weighted by Crippen LogP contribution is -2.13. The summed E-state index contributed by atoms with van der Waals surface area (Å²) >= 11 is 7.63. The standard InChI is InChI=1S/C21H15ClN2O4S/c22-14-7-8-15-17(10-14)23-20(12-3-5-13(6-4-12)21(25)26)19(15)16(11-24(27)28)18-2-1-9-29-18/h1-10,16,23H,11H2,(H,25,26). The van der Waals surface area contributed by atoms with Gasteiger partial charge in [-0.15, -0.1) is 11.3 Å². The lowest BCUT2D eigenvalue weighted by atomic mass is 9.91. The Hall–Kier alpha value is -3.16. The summed E-state index contributed by atoms with van der Waals surface area (Å²) in [5.74, 6) is -1.46. The number of rotatable bonds is 6. The van der Waals surface area contributed by atoms with Crippen LogP contribution in [0.4, 0.5) is 0 Å². The number of fused-ring (bicyclic) bond motifs is 1. The van der Waals surface area contributed by atoms with E-state index in [1.54, 1.807) is 24.3 Å². The van der Waals surface area contributed by atoms with Gasteiger partial charge in [0.2, 0.25) is 6.54 Å². The Morgan fingerprint density at radius 1 is 1.21 bits per heavy atom. The highest BCUT2D eigenvalue weighted by Crippen LogP contribution is 2.40. The number of nitrogens with one attached hydrogen (secondary N) is 1. The fraction of sp³-hybridized carbons (Fsp3) is 0.0952. The first kappa shape index (κ1) is 19.2. The molecule has 2 N–H and O–H groups in total. The van der Waals surface area contributed by atoms with Crippen molar-refractivity contribution in [1.29, 1.82) is 0 Å². The van der Waals surface area contributed by atoms with Crippen molar-refractivity contribution in [3.63, 3.8) is 0 Å². The summed E-state index contributed by atoms with van der Waals surface area (Å²) in [5.41, 5.74) is 3.23. The van der Waals surface area contributed by atoms with Gasteiger partial charge in [-0.05, 0) is 41.3 Å². The average molecular weight is 427 g/mol. The molecule has 0 saturated carbocycles. The minimum atomic E-state index is -1.01. The molecular formula is C21H15ClN2O4S. The predicted octanol–water partition coefficient (Wildman–Crippen LogP) is 5.66. The zero-order valence-corrected chi connectivity index (χ0v) is 16.5. The summed E-state index contributed by atoms with van der Waals surface area (Å²) in [6, 6.07) is 15.6. The number of aromatic carboxylic acids is 1. The van der Waals surface area contributed by atoms with Crippen LogP contribution in [0.3, 0.4) is 0 Å². The third-order valence-electron chi connectivity index (χ3n) is 4.79. The highest BCUT2D eigenvalue weighted by Gasteiger charge is 2.28. The van der Waals surface area contributed by atoms with E-state index in [9.17, 15) is 14.9 Å². The second-order valence-corrected chi connectivity index (χ2v) is 7.99. The van der Waals surface area contributed by atoms with Gasteiger partial charge in [0.25, 0.3) is 0 Å². The van der Waals surface area contributed by atoms with Crippen molar-refractivity contribution in [3.8, 4) is 11.3 Å². The molecule has 29 heavy (non-hydrogen) atoms. The lowest BCUT2D eigenvalue weighted by molar-refractivity contribution is -0.481. The Morgan fingerprint density at radius 2 is 1.97 bits per heavy atom. The minimum Gasteiger partial charge on any atom is -0.478 e. The van der Waals surface area contributed by atoms with Crippen molar-refractivity contribution in [3.05, 3.63) is 91.1 Å². The SMILES string of the molecule is O=C(O)c1ccc(-c2[nH]c3cc(Cl)ccc3c2C(C[N+](=O)[O-])c2cccs2)cc1. The van der Waals surface area contributed by atoms with Gasteiger partial charge in [-0.3, -0.25) is 10.1 Å². The Morgan fingerprint density at radius 3 is 2.59 bits per heavy atom. The van der Waals surface area contributed by atoms with E-state index in [1.807, 2.05) is 23.6 Å². The van der Waals surface area contributed by atoms with Gasteiger partial charge >= 0.3 is 5.97 Å². The largest absolute Gasteiger partial charge is 0.478 e. The molecule has 0 amide bonds. The molecule has 146 valence electrons. The maximum absolute atomic E-state index is 11.5. The number of nitrogens with zero attached hydrogens (tertiary/aromatic N) is 1. The number of carbonyl (C=O) groups is 1. The van der Waals surface area contributed by atoms with Gasteiger partial charge in [0, 0.05) is 31.3 Å². The third-order valence-corrected chi connectivity index (χ3v) is 6.01. The van der Waals surface area contributed by atoms with Crippen LogP contribution < -0.4 is 0 Å². The molecule has 0 spiro atoms. The number of carboxylic acid groups (broad SMARTS) is 1. The first-order valence-electron chi connectivity index (χ1n) is 8.74. The molecule has 6 nitrogen and oxygen atoms in total. The van der Waals surface area contributed by atoms with Crippen LogP contribution in [0.1, 0.15) is 26.7 Å². The number of halogens is 1. The van der Waals surface area contributed by atoms with Crippen molar-refractivity contribution in [2.45, 2.75) is 5.92 Å². The molecule has 4 aromatic rings. The number of hydrogen-bond donors (Lipinski definition) is 2. The number of aromatic nitrogens is 1. The van der Waals surface area contributed by atoms with E-state index in [2.05, 4.69) is 4.98 Å². The first-order valence-corrected chi connectivity index (χ1v) is 10.00. The van der Waals surface area contributed by atoms with Gasteiger partial charge in [0.15, 0.2) is 0 Å². The van der Waals surface area contributed by atoms with E-state index in [4.69, 9.17) is 16.7 Å². The van der Waals surface area contributed by atoms with E-state index >= 15 is 0 Å². The molecule has 0 bridgehead atoms. The van der Waals surface area contributed by atoms with Gasteiger partial charge < -0.3 is 10.1 Å². The third kappa shape index (κ3) is 3.74. The molecule has 1 unspecified atom stereocenters. The number of hydrogen-bond acceptors (Lipinski definition) is 4. The molecule has 0 fully saturated rings. The van der Waals surface area contributed by atoms with Crippen LogP contribution in [0, 0.1) is 10.1 Å². The smallest absolute Gasteiger partial charge is 0.335 e. The van der Waals surface area contributed by atoms with E-state index in [0.717, 1.165) is 32.6 Å². The number of carboxylic acids is 1. The molecule has 0 aliphatic heterocycles. The summed E-state index contributed by atoms with van der Waals surface area (Å²) in [4.78, 5) is 26.6. The number of benzene rings is 2. The summed E-state index contributed by atoms with van der Waals surface area (Å²) in [6.45, 7) is -0.254. The molecule has 0 radical (unpaired) electrons. The van der Waals surface area contributed by atoms with Crippen molar-refractivity contribution in [2.24, 2.45) is 0 Å². The molecule has 2 heterocycles. The van der Waals surface area contributed by atoms with E-state index in [0.29, 0.717) is 5.02 Å². The molecule has 8 heteroatoms. The van der Waals surface area contributed by atoms with E-state index in [1.165, 1.54) is 23.5 Å². The van der Waals surface area contributed by atoms with Crippen LogP contribution in [0.25, 0.3) is 22.2 Å². The lowest BCUT2D eigenvalue weighted by Gasteiger charge is -2.14. The fourth-order valence-electron chi connectivity index (χ4n) is 3.52. The zero-order valence-electron chi connectivity index (χ0n) is 15.0. The minimum absolute atomic E-state index is 0.176. The van der Waals surface area contributed by atoms with Crippen LogP contribution in [-0.4, -0.2) is 27.5 Å². The number of nitro groups is 1. The molecule has 0 aliphatic carbocycles. The summed E-state index contributed by atoms with van der Waals surface area (Å²) in [5, 5.41) is 23.9. The topological polar surface area (TPSA) is 96.2 Å². The van der Waals surface area contributed by atoms with Gasteiger partial charge in [0.1, 0.15) is 0 Å². The summed E-state index contributed by atoms with van der Waals surface area (Å²) in [7, 11) is 0. The Bertz CT molecular complexity index is 1200. The van der Waals surface area contributed by atoms with Crippen LogP contribution in [0.5, 0.6) is 0 Å².